The van der Waals surface area contributed by atoms with Crippen LogP contribution in [0.3, 0.4) is 0 Å². The predicted octanol–water partition coefficient (Wildman–Crippen LogP) is 3.75. The maximum atomic E-state index is 4.53. The van der Waals surface area contributed by atoms with Crippen molar-refractivity contribution in [3.05, 3.63) is 47.9 Å². The molecule has 0 N–H and O–H groups in total. The van der Waals surface area contributed by atoms with Crippen LogP contribution in [0.4, 0.5) is 0 Å². The Balaban J connectivity index is 2.36. The minimum Gasteiger partial charge on any atom is -0.262 e. The fourth-order valence-electron chi connectivity index (χ4n) is 1.71. The van der Waals surface area contributed by atoms with Gasteiger partial charge >= 0.3 is 0 Å². The minimum atomic E-state index is 0.152. The van der Waals surface area contributed by atoms with E-state index in [9.17, 15) is 0 Å². The summed E-state index contributed by atoms with van der Waals surface area (Å²) in [5, 5.41) is 0. The Morgan fingerprint density at radius 1 is 1.00 bits per heavy atom. The summed E-state index contributed by atoms with van der Waals surface area (Å²) in [6.07, 6.45) is 3.79. The van der Waals surface area contributed by atoms with Gasteiger partial charge in [0.05, 0.1) is 5.69 Å². The number of nitrogens with zero attached hydrogens (tertiary/aromatic N) is 2. The fourth-order valence-corrected chi connectivity index (χ4v) is 1.71. The van der Waals surface area contributed by atoms with Crippen molar-refractivity contribution in [1.29, 1.82) is 0 Å². The molecule has 2 nitrogen and oxygen atoms in total. The number of rotatable bonds is 1. The van der Waals surface area contributed by atoms with Gasteiger partial charge in [-0.25, -0.2) is 0 Å². The average molecular weight is 226 g/mol. The first-order valence-corrected chi connectivity index (χ1v) is 5.86. The van der Waals surface area contributed by atoms with Crippen LogP contribution in [-0.2, 0) is 5.41 Å². The lowest BCUT2D eigenvalue weighted by Gasteiger charge is -2.18. The molecular weight excluding hydrogens is 208 g/mol. The molecule has 2 aromatic heterocycles. The molecule has 0 saturated heterocycles. The highest BCUT2D eigenvalue weighted by molar-refractivity contribution is 5.59. The molecule has 0 atom stereocenters. The topological polar surface area (TPSA) is 25.8 Å². The van der Waals surface area contributed by atoms with Crippen LogP contribution in [-0.4, -0.2) is 9.97 Å². The van der Waals surface area contributed by atoms with Gasteiger partial charge in [-0.1, -0.05) is 26.8 Å². The second-order valence-corrected chi connectivity index (χ2v) is 5.37. The van der Waals surface area contributed by atoms with Crippen LogP contribution in [0.5, 0.6) is 0 Å². The van der Waals surface area contributed by atoms with E-state index < -0.39 is 0 Å². The molecule has 0 aliphatic carbocycles. The Hall–Kier alpha value is -1.70. The van der Waals surface area contributed by atoms with Crippen LogP contribution < -0.4 is 0 Å². The quantitative estimate of drug-likeness (QED) is 0.740. The molecule has 2 rings (SSSR count). The molecule has 0 aromatic carbocycles. The molecule has 0 amide bonds. The van der Waals surface area contributed by atoms with Gasteiger partial charge in [-0.05, 0) is 36.1 Å². The zero-order valence-corrected chi connectivity index (χ0v) is 10.9. The zero-order valence-electron chi connectivity index (χ0n) is 10.9. The molecule has 0 saturated carbocycles. The van der Waals surface area contributed by atoms with Crippen LogP contribution in [0.2, 0.25) is 0 Å². The van der Waals surface area contributed by atoms with Crippen molar-refractivity contribution in [2.24, 2.45) is 0 Å². The third-order valence-corrected chi connectivity index (χ3v) is 2.82. The average Bonchev–Trinajstić information content (AvgIpc) is 2.28. The number of hydrogen-bond acceptors (Lipinski definition) is 2. The summed E-state index contributed by atoms with van der Waals surface area (Å²) in [5.41, 5.74) is 4.55. The molecule has 0 fully saturated rings. The third kappa shape index (κ3) is 2.70. The predicted molar refractivity (Wildman–Crippen MR) is 70.9 cm³/mol. The smallest absolute Gasteiger partial charge is 0.0703 e. The molecule has 17 heavy (non-hydrogen) atoms. The monoisotopic (exact) mass is 226 g/mol. The van der Waals surface area contributed by atoms with Crippen molar-refractivity contribution in [2.45, 2.75) is 33.1 Å². The van der Waals surface area contributed by atoms with Crippen molar-refractivity contribution < 1.29 is 0 Å². The van der Waals surface area contributed by atoms with Crippen LogP contribution in [0.1, 0.15) is 32.0 Å². The molecule has 0 bridgehead atoms. The van der Waals surface area contributed by atoms with Crippen molar-refractivity contribution >= 4 is 0 Å². The molecule has 0 radical (unpaired) electrons. The maximum absolute atomic E-state index is 4.53. The van der Waals surface area contributed by atoms with Gasteiger partial charge in [0.2, 0.25) is 0 Å². The van der Waals surface area contributed by atoms with Crippen LogP contribution in [0.15, 0.2) is 36.7 Å². The first-order chi connectivity index (χ1) is 7.97. The molecule has 88 valence electrons. The highest BCUT2D eigenvalue weighted by Gasteiger charge is 2.13. The van der Waals surface area contributed by atoms with E-state index in [0.29, 0.717) is 0 Å². The Bertz CT molecular complexity index is 507. The summed E-state index contributed by atoms with van der Waals surface area (Å²) in [6, 6.07) is 8.28. The lowest BCUT2D eigenvalue weighted by atomic mass is 9.88. The van der Waals surface area contributed by atoms with Crippen LogP contribution in [0.25, 0.3) is 11.3 Å². The van der Waals surface area contributed by atoms with Gasteiger partial charge in [-0.15, -0.1) is 0 Å². The molecule has 0 aliphatic heterocycles. The Labute approximate surface area is 103 Å². The second kappa shape index (κ2) is 4.28. The van der Waals surface area contributed by atoms with Crippen molar-refractivity contribution in [1.82, 2.24) is 9.97 Å². The Kier molecular flexibility index (Phi) is 2.97. The van der Waals surface area contributed by atoms with E-state index >= 15 is 0 Å². The van der Waals surface area contributed by atoms with E-state index in [0.717, 1.165) is 17.0 Å². The highest BCUT2D eigenvalue weighted by Crippen LogP contribution is 2.24. The summed E-state index contributed by atoms with van der Waals surface area (Å²) in [4.78, 5) is 8.72. The standard InChI is InChI=1S/C15H18N2/c1-11-9-12(7-8-16-11)14-6-5-13(10-17-14)15(2,3)4/h5-10H,1-4H3. The number of aryl methyl sites for hydroxylation is 1. The summed E-state index contributed by atoms with van der Waals surface area (Å²) >= 11 is 0. The van der Waals surface area contributed by atoms with E-state index in [-0.39, 0.29) is 5.41 Å². The minimum absolute atomic E-state index is 0.152. The summed E-state index contributed by atoms with van der Waals surface area (Å²) in [6.45, 7) is 8.58. The number of hydrogen-bond donors (Lipinski definition) is 0. The molecule has 0 aliphatic rings. The Morgan fingerprint density at radius 3 is 2.29 bits per heavy atom. The second-order valence-electron chi connectivity index (χ2n) is 5.37. The van der Waals surface area contributed by atoms with Gasteiger partial charge in [-0.3, -0.25) is 9.97 Å². The SMILES string of the molecule is Cc1cc(-c2ccc(C(C)(C)C)cn2)ccn1. The first kappa shape index (κ1) is 11.8. The van der Waals surface area contributed by atoms with E-state index in [4.69, 9.17) is 0 Å². The van der Waals surface area contributed by atoms with E-state index in [1.165, 1.54) is 5.56 Å². The van der Waals surface area contributed by atoms with Crippen molar-refractivity contribution in [2.75, 3.05) is 0 Å². The summed E-state index contributed by atoms with van der Waals surface area (Å²) in [5.74, 6) is 0. The molecule has 2 heteroatoms. The van der Waals surface area contributed by atoms with Crippen LogP contribution >= 0.6 is 0 Å². The summed E-state index contributed by atoms with van der Waals surface area (Å²) < 4.78 is 0. The fraction of sp³-hybridized carbons (Fsp3) is 0.333. The Morgan fingerprint density at radius 2 is 1.76 bits per heavy atom. The van der Waals surface area contributed by atoms with Crippen molar-refractivity contribution in [3.63, 3.8) is 0 Å². The van der Waals surface area contributed by atoms with Gasteiger partial charge in [-0.2, -0.15) is 0 Å². The number of pyridine rings is 2. The highest BCUT2D eigenvalue weighted by atomic mass is 14.7. The molecule has 0 unspecified atom stereocenters. The zero-order chi connectivity index (χ0) is 12.5. The lowest BCUT2D eigenvalue weighted by Crippen LogP contribution is -2.11. The first-order valence-electron chi connectivity index (χ1n) is 5.86. The van der Waals surface area contributed by atoms with Gasteiger partial charge in [0.25, 0.3) is 0 Å². The van der Waals surface area contributed by atoms with E-state index in [1.807, 2.05) is 25.4 Å². The van der Waals surface area contributed by atoms with Crippen LogP contribution in [0, 0.1) is 6.92 Å². The van der Waals surface area contributed by atoms with Gasteiger partial charge in [0.15, 0.2) is 0 Å². The van der Waals surface area contributed by atoms with Gasteiger partial charge < -0.3 is 0 Å². The molecule has 2 aromatic rings. The third-order valence-electron chi connectivity index (χ3n) is 2.82. The van der Waals surface area contributed by atoms with Crippen molar-refractivity contribution in [3.8, 4) is 11.3 Å². The summed E-state index contributed by atoms with van der Waals surface area (Å²) in [7, 11) is 0. The van der Waals surface area contributed by atoms with Gasteiger partial charge in [0, 0.05) is 23.7 Å². The van der Waals surface area contributed by atoms with E-state index in [1.54, 1.807) is 0 Å². The van der Waals surface area contributed by atoms with Gasteiger partial charge in [0.1, 0.15) is 0 Å². The normalized spacial score (nSPS) is 11.5. The maximum Gasteiger partial charge on any atom is 0.0703 e. The lowest BCUT2D eigenvalue weighted by molar-refractivity contribution is 0.587. The largest absolute Gasteiger partial charge is 0.262 e. The van der Waals surface area contributed by atoms with E-state index in [2.05, 4.69) is 48.9 Å². The molecule has 0 spiro atoms. The molecular formula is C15H18N2. The molecule has 2 heterocycles. The number of aromatic nitrogens is 2.